The van der Waals surface area contributed by atoms with Gasteiger partial charge in [-0.3, -0.25) is 24.0 Å². The number of esters is 4. The molecule has 3 amide bonds. The van der Waals surface area contributed by atoms with Gasteiger partial charge in [-0.15, -0.1) is 0 Å². The molecule has 2 aliphatic rings. The Labute approximate surface area is 359 Å². The third kappa shape index (κ3) is 11.3. The first-order valence-electron chi connectivity index (χ1n) is 20.2. The lowest BCUT2D eigenvalue weighted by molar-refractivity contribution is -0.249. The van der Waals surface area contributed by atoms with Gasteiger partial charge in [-0.1, -0.05) is 68.4 Å². The van der Waals surface area contributed by atoms with Gasteiger partial charge in [0.1, 0.15) is 18.7 Å². The van der Waals surface area contributed by atoms with Crippen molar-refractivity contribution < 1.29 is 67.1 Å². The van der Waals surface area contributed by atoms with Crippen LogP contribution in [-0.2, 0) is 70.2 Å². The normalized spacial score (nSPS) is 20.0. The SMILES string of the molecule is COC(=O)C1O[C@@H](CCc2cc(NC(=O)C(C)NC(=O)C(NC(=O)OCC3c4ccccc4-c4ccccc43)C(C)C)ccc2CO)[C@H](OC(C)=O)[C@@H](OC(C)=O)[C@@H]1OC(C)=O. The van der Waals surface area contributed by atoms with Crippen molar-refractivity contribution in [2.24, 2.45) is 5.92 Å². The van der Waals surface area contributed by atoms with Crippen molar-refractivity contribution in [1.29, 1.82) is 0 Å². The fourth-order valence-corrected chi connectivity index (χ4v) is 7.74. The number of ether oxygens (including phenoxy) is 6. The van der Waals surface area contributed by atoms with Crippen molar-refractivity contribution in [2.75, 3.05) is 19.0 Å². The van der Waals surface area contributed by atoms with E-state index >= 15 is 0 Å². The molecule has 17 heteroatoms. The Kier molecular flexibility index (Phi) is 15.8. The van der Waals surface area contributed by atoms with Gasteiger partial charge in [0.15, 0.2) is 24.4 Å². The van der Waals surface area contributed by atoms with E-state index in [0.29, 0.717) is 16.8 Å². The van der Waals surface area contributed by atoms with Gasteiger partial charge in [0.25, 0.3) is 0 Å². The molecule has 5 rings (SSSR count). The highest BCUT2D eigenvalue weighted by molar-refractivity contribution is 5.98. The van der Waals surface area contributed by atoms with Crippen LogP contribution in [0.25, 0.3) is 11.1 Å². The Morgan fingerprint density at radius 1 is 0.726 bits per heavy atom. The van der Waals surface area contributed by atoms with Gasteiger partial charge in [0.2, 0.25) is 11.8 Å². The number of alkyl carbamates (subject to hydrolysis) is 1. The first-order valence-corrected chi connectivity index (χ1v) is 20.2. The number of carbonyl (C=O) groups is 7. The maximum Gasteiger partial charge on any atom is 0.407 e. The largest absolute Gasteiger partial charge is 0.467 e. The maximum absolute atomic E-state index is 13.5. The number of aliphatic hydroxyl groups excluding tert-OH is 1. The minimum Gasteiger partial charge on any atom is -0.467 e. The third-order valence-corrected chi connectivity index (χ3v) is 10.6. The van der Waals surface area contributed by atoms with Crippen LogP contribution in [0.5, 0.6) is 0 Å². The fourth-order valence-electron chi connectivity index (χ4n) is 7.74. The van der Waals surface area contributed by atoms with E-state index in [1.165, 1.54) is 6.92 Å². The molecular weight excluding hydrogens is 807 g/mol. The van der Waals surface area contributed by atoms with E-state index < -0.39 is 91.0 Å². The zero-order valence-electron chi connectivity index (χ0n) is 35.6. The minimum atomic E-state index is -1.56. The van der Waals surface area contributed by atoms with Crippen LogP contribution in [0.2, 0.25) is 0 Å². The molecule has 7 atom stereocenters. The topological polar surface area (TPSA) is 231 Å². The number of methoxy groups -OCH3 is 1. The number of nitrogens with one attached hydrogen (secondary N) is 3. The smallest absolute Gasteiger partial charge is 0.407 e. The van der Waals surface area contributed by atoms with E-state index in [1.807, 2.05) is 48.5 Å². The number of hydrogen-bond acceptors (Lipinski definition) is 14. The molecular formula is C45H53N3O14. The molecule has 62 heavy (non-hydrogen) atoms. The Bertz CT molecular complexity index is 2110. The van der Waals surface area contributed by atoms with E-state index in [0.717, 1.165) is 50.1 Å². The number of fused-ring (bicyclic) bond motifs is 3. The van der Waals surface area contributed by atoms with E-state index in [1.54, 1.807) is 32.0 Å². The molecule has 1 aliphatic carbocycles. The zero-order valence-corrected chi connectivity index (χ0v) is 35.6. The summed E-state index contributed by atoms with van der Waals surface area (Å²) in [7, 11) is 1.09. The van der Waals surface area contributed by atoms with Crippen LogP contribution in [-0.4, -0.2) is 103 Å². The molecule has 0 saturated carbocycles. The number of amides is 3. The highest BCUT2D eigenvalue weighted by Crippen LogP contribution is 2.44. The molecule has 3 aromatic rings. The molecule has 0 spiro atoms. The Balaban J connectivity index is 1.23. The second-order valence-corrected chi connectivity index (χ2v) is 15.4. The van der Waals surface area contributed by atoms with Crippen LogP contribution >= 0.6 is 0 Å². The summed E-state index contributed by atoms with van der Waals surface area (Å²) in [5.41, 5.74) is 5.56. The number of aliphatic hydroxyl groups is 1. The second-order valence-electron chi connectivity index (χ2n) is 15.4. The number of aryl methyl sites for hydroxylation is 1. The number of carbonyl (C=O) groups excluding carboxylic acids is 7. The molecule has 3 aromatic carbocycles. The molecule has 17 nitrogen and oxygen atoms in total. The summed E-state index contributed by atoms with van der Waals surface area (Å²) in [6.07, 6.45) is -7.63. The first-order chi connectivity index (χ1) is 29.5. The van der Waals surface area contributed by atoms with E-state index in [-0.39, 0.29) is 31.3 Å². The summed E-state index contributed by atoms with van der Waals surface area (Å²) in [5, 5.41) is 18.2. The van der Waals surface area contributed by atoms with Crippen molar-refractivity contribution >= 4 is 47.5 Å². The van der Waals surface area contributed by atoms with Crippen LogP contribution in [0, 0.1) is 5.92 Å². The van der Waals surface area contributed by atoms with E-state index in [9.17, 15) is 38.7 Å². The summed E-state index contributed by atoms with van der Waals surface area (Å²) < 4.78 is 32.9. The van der Waals surface area contributed by atoms with Gasteiger partial charge in [0.05, 0.1) is 19.8 Å². The fraction of sp³-hybridized carbons (Fsp3) is 0.444. The summed E-state index contributed by atoms with van der Waals surface area (Å²) in [5.74, 6) is -5.07. The second kappa shape index (κ2) is 21.0. The summed E-state index contributed by atoms with van der Waals surface area (Å²) in [6, 6.07) is 18.5. The van der Waals surface area contributed by atoms with Crippen molar-refractivity contribution in [3.8, 4) is 11.1 Å². The first kappa shape index (κ1) is 46.7. The molecule has 1 heterocycles. The van der Waals surface area contributed by atoms with Crippen molar-refractivity contribution in [1.82, 2.24) is 10.6 Å². The van der Waals surface area contributed by atoms with Crippen LogP contribution in [0.3, 0.4) is 0 Å². The predicted octanol–water partition coefficient (Wildman–Crippen LogP) is 3.85. The van der Waals surface area contributed by atoms with Gasteiger partial charge < -0.3 is 49.5 Å². The van der Waals surface area contributed by atoms with E-state index in [2.05, 4.69) is 16.0 Å². The quantitative estimate of drug-likeness (QED) is 0.119. The number of hydrogen-bond donors (Lipinski definition) is 4. The predicted molar refractivity (Wildman–Crippen MR) is 221 cm³/mol. The zero-order chi connectivity index (χ0) is 45.2. The molecule has 1 fully saturated rings. The molecule has 0 radical (unpaired) electrons. The highest BCUT2D eigenvalue weighted by atomic mass is 16.7. The Morgan fingerprint density at radius 2 is 1.31 bits per heavy atom. The summed E-state index contributed by atoms with van der Waals surface area (Å²) in [4.78, 5) is 89.3. The van der Waals surface area contributed by atoms with Gasteiger partial charge >= 0.3 is 30.0 Å². The third-order valence-electron chi connectivity index (χ3n) is 10.6. The standard InChI is InChI=1S/C45H53N3O14/c1-23(2)37(48-45(56)58-22-35-33-14-10-8-12-31(33)32-13-9-11-15-34(32)35)43(54)46-24(3)42(53)47-30-18-16-29(21-49)28(20-30)17-19-36-38(59-25(4)50)39(60-26(5)51)40(61-27(6)52)41(62-36)44(55)57-7/h8-16,18,20,23-24,35-41,49H,17,19,21-22H2,1-7H3,(H,46,54)(H,47,53)(H,48,56)/t24?,36-,37?,38-,39+,40-,41?/m0/s1. The molecule has 1 aliphatic heterocycles. The molecule has 1 saturated heterocycles. The van der Waals surface area contributed by atoms with Gasteiger partial charge in [0, 0.05) is 32.4 Å². The number of rotatable bonds is 16. The summed E-state index contributed by atoms with van der Waals surface area (Å²) in [6.45, 7) is 7.95. The number of anilines is 1. The molecule has 4 N–H and O–H groups in total. The van der Waals surface area contributed by atoms with Gasteiger partial charge in [-0.2, -0.15) is 0 Å². The van der Waals surface area contributed by atoms with E-state index in [4.69, 9.17) is 28.4 Å². The lowest BCUT2D eigenvalue weighted by Gasteiger charge is -2.43. The van der Waals surface area contributed by atoms with Gasteiger partial charge in [-0.25, -0.2) is 9.59 Å². The van der Waals surface area contributed by atoms with Crippen LogP contribution in [0.1, 0.15) is 76.1 Å². The van der Waals surface area contributed by atoms with Gasteiger partial charge in [-0.05, 0) is 71.2 Å². The molecule has 332 valence electrons. The minimum absolute atomic E-state index is 0.0140. The highest BCUT2D eigenvalue weighted by Gasteiger charge is 2.54. The molecule has 3 unspecified atom stereocenters. The monoisotopic (exact) mass is 859 g/mol. The van der Waals surface area contributed by atoms with Crippen LogP contribution in [0.4, 0.5) is 10.5 Å². The molecule has 0 bridgehead atoms. The average Bonchev–Trinajstić information content (AvgIpc) is 3.55. The van der Waals surface area contributed by atoms with Crippen molar-refractivity contribution in [2.45, 2.75) is 110 Å². The maximum atomic E-state index is 13.5. The van der Waals surface area contributed by atoms with Crippen molar-refractivity contribution in [3.63, 3.8) is 0 Å². The molecule has 0 aromatic heterocycles. The lowest BCUT2D eigenvalue weighted by Crippen LogP contribution is -2.63. The lowest BCUT2D eigenvalue weighted by atomic mass is 9.90. The summed E-state index contributed by atoms with van der Waals surface area (Å²) >= 11 is 0. The Hall–Kier alpha value is -6.33. The van der Waals surface area contributed by atoms with Crippen molar-refractivity contribution in [3.05, 3.63) is 89.0 Å². The average molecular weight is 860 g/mol. The van der Waals surface area contributed by atoms with Crippen LogP contribution in [0.15, 0.2) is 66.7 Å². The Morgan fingerprint density at radius 3 is 1.87 bits per heavy atom. The van der Waals surface area contributed by atoms with Crippen LogP contribution < -0.4 is 16.0 Å². The number of benzene rings is 3.